The van der Waals surface area contributed by atoms with Crippen LogP contribution >= 0.6 is 0 Å². The summed E-state index contributed by atoms with van der Waals surface area (Å²) in [5, 5.41) is 9.43. The van der Waals surface area contributed by atoms with Gasteiger partial charge in [0.15, 0.2) is 0 Å². The average molecular weight is 185 g/mol. The maximum absolute atomic E-state index is 10.1. The SMILES string of the molecule is CCC(C)C(O)([Si])C(C)C(C)C. The second-order valence-corrected chi connectivity index (χ2v) is 4.97. The summed E-state index contributed by atoms with van der Waals surface area (Å²) in [6.07, 6.45) is 0.997. The number of hydrogen-bond donors (Lipinski definition) is 1. The van der Waals surface area contributed by atoms with Crippen molar-refractivity contribution in [2.24, 2.45) is 17.8 Å². The predicted octanol–water partition coefficient (Wildman–Crippen LogP) is 2.18. The van der Waals surface area contributed by atoms with Crippen LogP contribution in [0.4, 0.5) is 0 Å². The Bertz CT molecular complexity index is 132. The van der Waals surface area contributed by atoms with Crippen LogP contribution in [0.1, 0.15) is 41.0 Å². The van der Waals surface area contributed by atoms with E-state index in [9.17, 15) is 5.11 Å². The Labute approximate surface area is 80.0 Å². The lowest BCUT2D eigenvalue weighted by molar-refractivity contribution is 0.000642. The van der Waals surface area contributed by atoms with Crippen LogP contribution < -0.4 is 0 Å². The van der Waals surface area contributed by atoms with Gasteiger partial charge in [0, 0.05) is 0 Å². The zero-order valence-corrected chi connectivity index (χ0v) is 9.89. The lowest BCUT2D eigenvalue weighted by Crippen LogP contribution is -2.45. The first-order chi connectivity index (χ1) is 5.34. The zero-order chi connectivity index (χ0) is 9.94. The summed E-state index contributed by atoms with van der Waals surface area (Å²) >= 11 is 0. The normalized spacial score (nSPS) is 22.0. The second-order valence-electron chi connectivity index (χ2n) is 4.17. The number of hydrogen-bond acceptors (Lipinski definition) is 1. The molecule has 0 bridgehead atoms. The van der Waals surface area contributed by atoms with E-state index in [0.717, 1.165) is 6.42 Å². The van der Waals surface area contributed by atoms with E-state index in [0.29, 0.717) is 11.8 Å². The standard InChI is InChI=1S/C10H21OSi/c1-6-8(4)10(11,12)9(5)7(2)3/h7-9,11H,6H2,1-5H3. The topological polar surface area (TPSA) is 20.2 Å². The summed E-state index contributed by atoms with van der Waals surface area (Å²) in [7, 11) is 3.48. The minimum atomic E-state index is -0.705. The van der Waals surface area contributed by atoms with Crippen LogP contribution in [0.25, 0.3) is 0 Å². The van der Waals surface area contributed by atoms with Crippen LogP contribution in [0.3, 0.4) is 0 Å². The molecule has 1 nitrogen and oxygen atoms in total. The van der Waals surface area contributed by atoms with E-state index in [1.807, 2.05) is 0 Å². The van der Waals surface area contributed by atoms with Gasteiger partial charge in [0.05, 0.1) is 15.5 Å². The van der Waals surface area contributed by atoms with Crippen molar-refractivity contribution in [2.45, 2.75) is 46.3 Å². The fourth-order valence-corrected chi connectivity index (χ4v) is 1.81. The van der Waals surface area contributed by atoms with Crippen molar-refractivity contribution in [3.63, 3.8) is 0 Å². The van der Waals surface area contributed by atoms with Crippen molar-refractivity contribution in [2.75, 3.05) is 0 Å². The van der Waals surface area contributed by atoms with Gasteiger partial charge in [-0.3, -0.25) is 0 Å². The lowest BCUT2D eigenvalue weighted by atomic mass is 9.83. The lowest BCUT2D eigenvalue weighted by Gasteiger charge is -2.38. The summed E-state index contributed by atoms with van der Waals surface area (Å²) in [4.78, 5) is 0. The molecule has 0 spiro atoms. The summed E-state index contributed by atoms with van der Waals surface area (Å²) < 4.78 is 0. The van der Waals surface area contributed by atoms with Gasteiger partial charge in [-0.1, -0.05) is 41.0 Å². The van der Waals surface area contributed by atoms with E-state index >= 15 is 0 Å². The fourth-order valence-electron chi connectivity index (χ4n) is 1.27. The van der Waals surface area contributed by atoms with Crippen molar-refractivity contribution in [3.05, 3.63) is 0 Å². The Morgan fingerprint density at radius 2 is 1.67 bits per heavy atom. The Kier molecular flexibility index (Phi) is 4.49. The van der Waals surface area contributed by atoms with Crippen molar-refractivity contribution >= 4 is 10.2 Å². The van der Waals surface area contributed by atoms with Gasteiger partial charge < -0.3 is 5.11 Å². The Hall–Kier alpha value is 0.177. The zero-order valence-electron chi connectivity index (χ0n) is 8.89. The minimum Gasteiger partial charge on any atom is -0.394 e. The molecule has 12 heavy (non-hydrogen) atoms. The maximum Gasteiger partial charge on any atom is 0.0709 e. The molecule has 0 fully saturated rings. The van der Waals surface area contributed by atoms with Gasteiger partial charge in [-0.2, -0.15) is 0 Å². The van der Waals surface area contributed by atoms with Gasteiger partial charge >= 0.3 is 0 Å². The first kappa shape index (κ1) is 12.2. The third-order valence-corrected chi connectivity index (χ3v) is 4.01. The summed E-state index contributed by atoms with van der Waals surface area (Å²) in [5.41, 5.74) is 0. The van der Waals surface area contributed by atoms with Crippen LogP contribution in [0.2, 0.25) is 0 Å². The monoisotopic (exact) mass is 185 g/mol. The smallest absolute Gasteiger partial charge is 0.0709 e. The van der Waals surface area contributed by atoms with Gasteiger partial charge in [0.25, 0.3) is 0 Å². The first-order valence-electron chi connectivity index (χ1n) is 4.81. The third-order valence-electron chi connectivity index (χ3n) is 3.06. The third kappa shape index (κ3) is 2.59. The molecule has 0 aliphatic rings. The van der Waals surface area contributed by atoms with Crippen molar-refractivity contribution in [3.8, 4) is 0 Å². The minimum absolute atomic E-state index is 0.282. The Morgan fingerprint density at radius 3 is 1.92 bits per heavy atom. The molecule has 3 unspecified atom stereocenters. The fraction of sp³-hybridized carbons (Fsp3) is 1.00. The van der Waals surface area contributed by atoms with Crippen LogP contribution in [0, 0.1) is 17.8 Å². The first-order valence-corrected chi connectivity index (χ1v) is 5.31. The highest BCUT2D eigenvalue weighted by atomic mass is 28.1. The molecule has 0 aliphatic carbocycles. The molecule has 0 saturated carbocycles. The molecule has 0 heterocycles. The highest BCUT2D eigenvalue weighted by Crippen LogP contribution is 2.30. The predicted molar refractivity (Wildman–Crippen MR) is 54.2 cm³/mol. The molecule has 0 rings (SSSR count). The molecule has 2 heteroatoms. The number of aliphatic hydroxyl groups is 1. The Balaban J connectivity index is 4.37. The molecule has 1 N–H and O–H groups in total. The molecule has 71 valence electrons. The highest BCUT2D eigenvalue weighted by Gasteiger charge is 2.34. The van der Waals surface area contributed by atoms with Gasteiger partial charge in [0.2, 0.25) is 0 Å². The van der Waals surface area contributed by atoms with E-state index in [2.05, 4.69) is 44.9 Å². The van der Waals surface area contributed by atoms with E-state index in [1.54, 1.807) is 0 Å². The van der Waals surface area contributed by atoms with Gasteiger partial charge in [-0.05, 0) is 17.8 Å². The molecular weight excluding hydrogens is 164 g/mol. The van der Waals surface area contributed by atoms with Crippen molar-refractivity contribution in [1.29, 1.82) is 0 Å². The molecular formula is C10H21OSi. The van der Waals surface area contributed by atoms with Crippen LogP contribution in [-0.2, 0) is 0 Å². The van der Waals surface area contributed by atoms with Gasteiger partial charge in [-0.25, -0.2) is 0 Å². The summed E-state index contributed by atoms with van der Waals surface area (Å²) in [5.74, 6) is 1.08. The quantitative estimate of drug-likeness (QED) is 0.666. The van der Waals surface area contributed by atoms with Crippen molar-refractivity contribution in [1.82, 2.24) is 0 Å². The molecule has 0 amide bonds. The molecule has 0 aliphatic heterocycles. The Morgan fingerprint density at radius 1 is 1.25 bits per heavy atom. The van der Waals surface area contributed by atoms with Crippen molar-refractivity contribution < 1.29 is 5.11 Å². The molecule has 0 aromatic carbocycles. The molecule has 0 aromatic heterocycles. The molecule has 3 radical (unpaired) electrons. The molecule has 0 aromatic rings. The largest absolute Gasteiger partial charge is 0.394 e. The molecule has 3 atom stereocenters. The van der Waals surface area contributed by atoms with E-state index < -0.39 is 5.22 Å². The van der Waals surface area contributed by atoms with Crippen LogP contribution in [0.5, 0.6) is 0 Å². The van der Waals surface area contributed by atoms with Gasteiger partial charge in [-0.15, -0.1) is 0 Å². The van der Waals surface area contributed by atoms with E-state index in [-0.39, 0.29) is 5.92 Å². The average Bonchev–Trinajstić information content (AvgIpc) is 2.01. The highest BCUT2D eigenvalue weighted by molar-refractivity contribution is 6.14. The van der Waals surface area contributed by atoms with Crippen LogP contribution in [-0.4, -0.2) is 20.6 Å². The summed E-state index contributed by atoms with van der Waals surface area (Å²) in [6.45, 7) is 10.5. The molecule has 0 saturated heterocycles. The second kappa shape index (κ2) is 4.42. The van der Waals surface area contributed by atoms with Crippen LogP contribution in [0.15, 0.2) is 0 Å². The summed E-state index contributed by atoms with van der Waals surface area (Å²) in [6, 6.07) is 0. The van der Waals surface area contributed by atoms with E-state index in [4.69, 9.17) is 0 Å². The van der Waals surface area contributed by atoms with Gasteiger partial charge in [0.1, 0.15) is 0 Å². The maximum atomic E-state index is 10.1. The van der Waals surface area contributed by atoms with E-state index in [1.165, 1.54) is 0 Å². The number of rotatable bonds is 4.